The molecule has 0 fully saturated rings. The molecule has 0 aliphatic heterocycles. The molecular weight excluding hydrogens is 283 g/mol. The van der Waals surface area contributed by atoms with Crippen molar-refractivity contribution in [1.82, 2.24) is 0 Å². The molecule has 0 aromatic heterocycles. The topological polar surface area (TPSA) is 96.0 Å². The van der Waals surface area contributed by atoms with E-state index >= 15 is 0 Å². The van der Waals surface area contributed by atoms with Crippen molar-refractivity contribution in [3.63, 3.8) is 0 Å². The lowest BCUT2D eigenvalue weighted by Crippen LogP contribution is -2.34. The summed E-state index contributed by atoms with van der Waals surface area (Å²) in [5.41, 5.74) is 0. The molecule has 0 saturated carbocycles. The molecule has 0 unspecified atom stereocenters. The summed E-state index contributed by atoms with van der Waals surface area (Å²) in [6.07, 6.45) is 1.50. The molecule has 0 radical (unpaired) electrons. The maximum Gasteiger partial charge on any atom is 0.743 e. The van der Waals surface area contributed by atoms with Gasteiger partial charge in [0.15, 0.2) is 0 Å². The van der Waals surface area contributed by atoms with E-state index < -0.39 is 27.6 Å². The van der Waals surface area contributed by atoms with Crippen LogP contribution in [0.3, 0.4) is 0 Å². The number of benzene rings is 1. The molecule has 1 aromatic rings. The molecule has 0 amide bonds. The Labute approximate surface area is 106 Å². The first-order chi connectivity index (χ1) is 8.16. The first-order valence-corrected chi connectivity index (χ1v) is 8.27. The average molecular weight is 294 g/mol. The van der Waals surface area contributed by atoms with Gasteiger partial charge in [-0.2, -0.15) is 0 Å². The molecular formula is C8H11BO7S2. The highest BCUT2D eigenvalue weighted by atomic mass is 32.2. The second kappa shape index (κ2) is 5.70. The van der Waals surface area contributed by atoms with Crippen LogP contribution in [0.15, 0.2) is 30.3 Å². The van der Waals surface area contributed by atoms with Gasteiger partial charge in [0.05, 0.1) is 12.5 Å². The second-order valence-electron chi connectivity index (χ2n) is 3.32. The molecule has 1 rings (SSSR count). The van der Waals surface area contributed by atoms with Gasteiger partial charge in [-0.1, -0.05) is 18.2 Å². The van der Waals surface area contributed by atoms with Crippen molar-refractivity contribution in [3.05, 3.63) is 30.3 Å². The summed E-state index contributed by atoms with van der Waals surface area (Å²) in [4.78, 5) is 0. The minimum absolute atomic E-state index is 0.204. The van der Waals surface area contributed by atoms with Gasteiger partial charge in [-0.15, -0.1) is 0 Å². The van der Waals surface area contributed by atoms with Gasteiger partial charge in [0, 0.05) is 0 Å². The van der Waals surface area contributed by atoms with Gasteiger partial charge in [-0.3, -0.25) is 8.20 Å². The first-order valence-electron chi connectivity index (χ1n) is 4.64. The van der Waals surface area contributed by atoms with Crippen LogP contribution in [0.25, 0.3) is 0 Å². The molecule has 0 saturated heterocycles. The van der Waals surface area contributed by atoms with Crippen LogP contribution in [-0.4, -0.2) is 36.7 Å². The SMILES string of the molecule is CS(=O)(=O)OB(Oc1ccccc1)OS(C)(=O)=O. The van der Waals surface area contributed by atoms with Gasteiger partial charge in [0.1, 0.15) is 5.75 Å². The van der Waals surface area contributed by atoms with Crippen molar-refractivity contribution < 1.29 is 29.7 Å². The zero-order chi connectivity index (χ0) is 13.8. The standard InChI is InChI=1S/C8H11BO7S2/c1-17(10,11)15-9(16-18(2,12)13)14-8-6-4-3-5-7-8/h3-7H,1-2H3. The van der Waals surface area contributed by atoms with Crippen LogP contribution in [0.5, 0.6) is 5.75 Å². The lowest BCUT2D eigenvalue weighted by molar-refractivity contribution is 0.313. The Balaban J connectivity index is 2.85. The Hall–Kier alpha value is -1.10. The maximum absolute atomic E-state index is 10.9. The van der Waals surface area contributed by atoms with Gasteiger partial charge in [-0.25, -0.2) is 16.8 Å². The van der Waals surface area contributed by atoms with E-state index in [0.717, 1.165) is 12.5 Å². The highest BCUT2D eigenvalue weighted by molar-refractivity contribution is 7.88. The minimum Gasteiger partial charge on any atom is -0.511 e. The lowest BCUT2D eigenvalue weighted by Gasteiger charge is -2.12. The molecule has 0 aliphatic rings. The Bertz CT molecular complexity index is 547. The predicted octanol–water partition coefficient (Wildman–Crippen LogP) is 0.00270. The van der Waals surface area contributed by atoms with Crippen LogP contribution in [0.4, 0.5) is 0 Å². The van der Waals surface area contributed by atoms with E-state index in [0.29, 0.717) is 0 Å². The highest BCUT2D eigenvalue weighted by Crippen LogP contribution is 2.12. The fraction of sp³-hybridized carbons (Fsp3) is 0.250. The van der Waals surface area contributed by atoms with Gasteiger partial charge in [0.2, 0.25) is 0 Å². The lowest BCUT2D eigenvalue weighted by atomic mass is 10.2. The quantitative estimate of drug-likeness (QED) is 0.681. The Morgan fingerprint density at radius 1 is 0.889 bits per heavy atom. The normalized spacial score (nSPS) is 12.1. The van der Waals surface area contributed by atoms with Crippen molar-refractivity contribution >= 4 is 27.6 Å². The molecule has 0 spiro atoms. The molecule has 7 nitrogen and oxygen atoms in total. The van der Waals surface area contributed by atoms with Crippen LogP contribution < -0.4 is 4.65 Å². The third-order valence-corrected chi connectivity index (χ3v) is 2.50. The number of para-hydroxylation sites is 1. The zero-order valence-corrected chi connectivity index (χ0v) is 11.3. The van der Waals surface area contributed by atoms with E-state index in [-0.39, 0.29) is 5.75 Å². The van der Waals surface area contributed by atoms with Gasteiger partial charge in [0.25, 0.3) is 20.2 Å². The smallest absolute Gasteiger partial charge is 0.511 e. The van der Waals surface area contributed by atoms with Crippen LogP contribution in [0.2, 0.25) is 0 Å². The summed E-state index contributed by atoms with van der Waals surface area (Å²) in [5.74, 6) is 0.204. The molecule has 100 valence electrons. The van der Waals surface area contributed by atoms with E-state index in [1.807, 2.05) is 0 Å². The molecule has 0 atom stereocenters. The third-order valence-electron chi connectivity index (χ3n) is 1.48. The summed E-state index contributed by atoms with van der Waals surface area (Å²) in [6, 6.07) is 7.92. The Morgan fingerprint density at radius 3 is 1.72 bits per heavy atom. The maximum atomic E-state index is 10.9. The van der Waals surface area contributed by atoms with E-state index in [1.54, 1.807) is 18.2 Å². The second-order valence-corrected chi connectivity index (χ2v) is 6.52. The molecule has 10 heteroatoms. The Kier molecular flexibility index (Phi) is 4.74. The number of rotatable bonds is 6. The average Bonchev–Trinajstić information content (AvgIpc) is 2.13. The zero-order valence-electron chi connectivity index (χ0n) is 9.64. The summed E-state index contributed by atoms with van der Waals surface area (Å²) >= 11 is 0. The fourth-order valence-corrected chi connectivity index (χ4v) is 1.73. The summed E-state index contributed by atoms with van der Waals surface area (Å²) < 4.78 is 57.5. The molecule has 0 N–H and O–H groups in total. The van der Waals surface area contributed by atoms with Crippen molar-refractivity contribution in [2.75, 3.05) is 12.5 Å². The van der Waals surface area contributed by atoms with Gasteiger partial charge >= 0.3 is 7.32 Å². The molecule has 0 heterocycles. The van der Waals surface area contributed by atoms with Crippen molar-refractivity contribution in [2.45, 2.75) is 0 Å². The third kappa shape index (κ3) is 6.59. The van der Waals surface area contributed by atoms with Gasteiger partial charge < -0.3 is 4.65 Å². The molecule has 1 aromatic carbocycles. The minimum atomic E-state index is -3.93. The number of hydrogen-bond donors (Lipinski definition) is 0. The van der Waals surface area contributed by atoms with Crippen molar-refractivity contribution in [1.29, 1.82) is 0 Å². The van der Waals surface area contributed by atoms with E-state index in [1.165, 1.54) is 12.1 Å². The Morgan fingerprint density at radius 2 is 1.33 bits per heavy atom. The van der Waals surface area contributed by atoms with E-state index in [9.17, 15) is 16.8 Å². The fourth-order valence-electron chi connectivity index (χ4n) is 0.951. The highest BCUT2D eigenvalue weighted by Gasteiger charge is 2.33. The molecule has 0 aliphatic carbocycles. The van der Waals surface area contributed by atoms with E-state index in [2.05, 4.69) is 8.20 Å². The molecule has 18 heavy (non-hydrogen) atoms. The summed E-state index contributed by atoms with van der Waals surface area (Å²) in [5, 5.41) is 0. The van der Waals surface area contributed by atoms with E-state index in [4.69, 9.17) is 4.65 Å². The molecule has 0 bridgehead atoms. The van der Waals surface area contributed by atoms with Crippen LogP contribution in [-0.2, 0) is 28.4 Å². The van der Waals surface area contributed by atoms with Crippen LogP contribution >= 0.6 is 0 Å². The van der Waals surface area contributed by atoms with Crippen LogP contribution in [0.1, 0.15) is 0 Å². The largest absolute Gasteiger partial charge is 0.743 e. The monoisotopic (exact) mass is 294 g/mol. The summed E-state index contributed by atoms with van der Waals surface area (Å²) in [7, 11) is -9.75. The van der Waals surface area contributed by atoms with Crippen molar-refractivity contribution in [3.8, 4) is 5.75 Å². The summed E-state index contributed by atoms with van der Waals surface area (Å²) in [6.45, 7) is 0. The van der Waals surface area contributed by atoms with Crippen LogP contribution in [0, 0.1) is 0 Å². The number of hydrogen-bond acceptors (Lipinski definition) is 7. The van der Waals surface area contributed by atoms with Crippen molar-refractivity contribution in [2.24, 2.45) is 0 Å². The first kappa shape index (κ1) is 15.0. The predicted molar refractivity (Wildman–Crippen MR) is 64.7 cm³/mol. The van der Waals surface area contributed by atoms with Gasteiger partial charge in [-0.05, 0) is 12.1 Å².